The van der Waals surface area contributed by atoms with E-state index >= 15 is 0 Å². The number of hydrogen-bond donors (Lipinski definition) is 0. The van der Waals surface area contributed by atoms with Crippen LogP contribution in [-0.4, -0.2) is 37.1 Å². The van der Waals surface area contributed by atoms with Crippen LogP contribution in [0.25, 0.3) is 0 Å². The molecular formula is C14H18BrNO2. The lowest BCUT2D eigenvalue weighted by Gasteiger charge is -2.26. The summed E-state index contributed by atoms with van der Waals surface area (Å²) in [4.78, 5) is 13.8. The summed E-state index contributed by atoms with van der Waals surface area (Å²) < 4.78 is 6.37. The van der Waals surface area contributed by atoms with Gasteiger partial charge in [-0.2, -0.15) is 0 Å². The predicted octanol–water partition coefficient (Wildman–Crippen LogP) is 2.63. The number of amides is 1. The van der Waals surface area contributed by atoms with E-state index in [1.54, 1.807) is 0 Å². The van der Waals surface area contributed by atoms with Gasteiger partial charge >= 0.3 is 0 Å². The van der Waals surface area contributed by atoms with Crippen LogP contribution in [0.2, 0.25) is 0 Å². The van der Waals surface area contributed by atoms with Gasteiger partial charge in [-0.15, -0.1) is 0 Å². The van der Waals surface area contributed by atoms with Crippen molar-refractivity contribution in [2.24, 2.45) is 0 Å². The van der Waals surface area contributed by atoms with Crippen molar-refractivity contribution in [3.8, 4) is 0 Å². The molecule has 1 aromatic carbocycles. The van der Waals surface area contributed by atoms with Crippen LogP contribution in [0.5, 0.6) is 0 Å². The minimum Gasteiger partial charge on any atom is -0.378 e. The zero-order valence-electron chi connectivity index (χ0n) is 10.4. The first-order valence-electron chi connectivity index (χ1n) is 6.36. The maximum Gasteiger partial charge on any atom is 0.222 e. The van der Waals surface area contributed by atoms with Crippen LogP contribution in [0.15, 0.2) is 28.7 Å². The Labute approximate surface area is 116 Å². The third kappa shape index (κ3) is 3.82. The summed E-state index contributed by atoms with van der Waals surface area (Å²) in [6.45, 7) is 2.84. The summed E-state index contributed by atoms with van der Waals surface area (Å²) in [5, 5.41) is 0. The Morgan fingerprint density at radius 3 is 2.72 bits per heavy atom. The van der Waals surface area contributed by atoms with Gasteiger partial charge in [0, 0.05) is 24.0 Å². The van der Waals surface area contributed by atoms with Gasteiger partial charge in [0.2, 0.25) is 5.91 Å². The molecule has 18 heavy (non-hydrogen) atoms. The van der Waals surface area contributed by atoms with Crippen molar-refractivity contribution in [3.05, 3.63) is 34.3 Å². The number of carbonyl (C=O) groups excluding carboxylic acids is 1. The second-order valence-electron chi connectivity index (χ2n) is 4.44. The van der Waals surface area contributed by atoms with Gasteiger partial charge < -0.3 is 9.64 Å². The number of hydrogen-bond acceptors (Lipinski definition) is 2. The molecule has 2 rings (SSSR count). The van der Waals surface area contributed by atoms with Crippen molar-refractivity contribution in [2.75, 3.05) is 26.3 Å². The minimum atomic E-state index is 0.255. The molecule has 1 heterocycles. The molecule has 4 heteroatoms. The van der Waals surface area contributed by atoms with E-state index in [-0.39, 0.29) is 5.91 Å². The smallest absolute Gasteiger partial charge is 0.222 e. The predicted molar refractivity (Wildman–Crippen MR) is 74.5 cm³/mol. The molecule has 0 bridgehead atoms. The zero-order chi connectivity index (χ0) is 12.8. The lowest BCUT2D eigenvalue weighted by molar-refractivity contribution is -0.135. The number of halogens is 1. The van der Waals surface area contributed by atoms with E-state index in [1.807, 2.05) is 23.1 Å². The van der Waals surface area contributed by atoms with E-state index < -0.39 is 0 Å². The standard InChI is InChI=1S/C14H18BrNO2/c15-13-6-2-1-4-12(13)5-3-7-14(17)16-8-10-18-11-9-16/h1-2,4,6H,3,5,7-11H2. The fourth-order valence-electron chi connectivity index (χ4n) is 2.10. The summed E-state index contributed by atoms with van der Waals surface area (Å²) >= 11 is 3.53. The number of aryl methyl sites for hydroxylation is 1. The van der Waals surface area contributed by atoms with Crippen molar-refractivity contribution in [2.45, 2.75) is 19.3 Å². The van der Waals surface area contributed by atoms with Crippen molar-refractivity contribution in [3.63, 3.8) is 0 Å². The molecule has 1 aromatic rings. The lowest BCUT2D eigenvalue weighted by atomic mass is 10.1. The molecule has 0 radical (unpaired) electrons. The van der Waals surface area contributed by atoms with Gasteiger partial charge in [0.1, 0.15) is 0 Å². The molecule has 0 N–H and O–H groups in total. The number of nitrogens with zero attached hydrogens (tertiary/aromatic N) is 1. The average Bonchev–Trinajstić information content (AvgIpc) is 2.42. The van der Waals surface area contributed by atoms with Crippen LogP contribution < -0.4 is 0 Å². The summed E-state index contributed by atoms with van der Waals surface area (Å²) in [5.74, 6) is 0.255. The van der Waals surface area contributed by atoms with E-state index in [2.05, 4.69) is 22.0 Å². The quantitative estimate of drug-likeness (QED) is 0.855. The molecular weight excluding hydrogens is 294 g/mol. The Balaban J connectivity index is 1.75. The molecule has 1 fully saturated rings. The number of ether oxygens (including phenoxy) is 1. The molecule has 0 spiro atoms. The molecule has 0 unspecified atom stereocenters. The topological polar surface area (TPSA) is 29.5 Å². The van der Waals surface area contributed by atoms with E-state index in [9.17, 15) is 4.79 Å². The fraction of sp³-hybridized carbons (Fsp3) is 0.500. The zero-order valence-corrected chi connectivity index (χ0v) is 12.0. The second-order valence-corrected chi connectivity index (χ2v) is 5.29. The molecule has 0 saturated carbocycles. The van der Waals surface area contributed by atoms with Gasteiger partial charge in [-0.1, -0.05) is 34.1 Å². The third-order valence-electron chi connectivity index (χ3n) is 3.16. The molecule has 1 aliphatic rings. The average molecular weight is 312 g/mol. The lowest BCUT2D eigenvalue weighted by Crippen LogP contribution is -2.40. The van der Waals surface area contributed by atoms with Gasteiger partial charge in [-0.05, 0) is 24.5 Å². The molecule has 98 valence electrons. The van der Waals surface area contributed by atoms with Crippen LogP contribution in [0.4, 0.5) is 0 Å². The van der Waals surface area contributed by atoms with Crippen molar-refractivity contribution >= 4 is 21.8 Å². The molecule has 3 nitrogen and oxygen atoms in total. The van der Waals surface area contributed by atoms with E-state index in [1.165, 1.54) is 5.56 Å². The van der Waals surface area contributed by atoms with Crippen LogP contribution in [0.3, 0.4) is 0 Å². The maximum absolute atomic E-state index is 11.9. The Morgan fingerprint density at radius 2 is 2.00 bits per heavy atom. The van der Waals surface area contributed by atoms with E-state index in [4.69, 9.17) is 4.74 Å². The summed E-state index contributed by atoms with van der Waals surface area (Å²) in [6, 6.07) is 8.18. The first kappa shape index (κ1) is 13.6. The van der Waals surface area contributed by atoms with Gasteiger partial charge in [-0.25, -0.2) is 0 Å². The number of carbonyl (C=O) groups is 1. The molecule has 0 aliphatic carbocycles. The number of morpholine rings is 1. The number of rotatable bonds is 4. The fourth-order valence-corrected chi connectivity index (χ4v) is 2.59. The first-order chi connectivity index (χ1) is 8.77. The normalized spacial score (nSPS) is 15.7. The van der Waals surface area contributed by atoms with Gasteiger partial charge in [-0.3, -0.25) is 4.79 Å². The SMILES string of the molecule is O=C(CCCc1ccccc1Br)N1CCOCC1. The van der Waals surface area contributed by atoms with Gasteiger partial charge in [0.15, 0.2) is 0 Å². The van der Waals surface area contributed by atoms with E-state index in [0.29, 0.717) is 19.6 Å². The van der Waals surface area contributed by atoms with Crippen molar-refractivity contribution in [1.29, 1.82) is 0 Å². The molecule has 0 atom stereocenters. The van der Waals surface area contributed by atoms with Gasteiger partial charge in [0.05, 0.1) is 13.2 Å². The molecule has 0 aromatic heterocycles. The van der Waals surface area contributed by atoms with Crippen molar-refractivity contribution in [1.82, 2.24) is 4.90 Å². The molecule has 1 saturated heterocycles. The number of benzene rings is 1. The highest BCUT2D eigenvalue weighted by atomic mass is 79.9. The summed E-state index contributed by atoms with van der Waals surface area (Å²) in [5.41, 5.74) is 1.27. The highest BCUT2D eigenvalue weighted by Crippen LogP contribution is 2.18. The molecule has 1 aliphatic heterocycles. The Morgan fingerprint density at radius 1 is 1.28 bits per heavy atom. The van der Waals surface area contributed by atoms with Crippen LogP contribution in [0, 0.1) is 0 Å². The minimum absolute atomic E-state index is 0.255. The van der Waals surface area contributed by atoms with Crippen LogP contribution in [-0.2, 0) is 16.0 Å². The Kier molecular flexibility index (Phi) is 5.20. The Hall–Kier alpha value is -0.870. The second kappa shape index (κ2) is 6.90. The largest absolute Gasteiger partial charge is 0.378 e. The highest BCUT2D eigenvalue weighted by Gasteiger charge is 2.16. The monoisotopic (exact) mass is 311 g/mol. The first-order valence-corrected chi connectivity index (χ1v) is 7.15. The van der Waals surface area contributed by atoms with Crippen LogP contribution >= 0.6 is 15.9 Å². The summed E-state index contributed by atoms with van der Waals surface area (Å²) in [7, 11) is 0. The van der Waals surface area contributed by atoms with Gasteiger partial charge in [0.25, 0.3) is 0 Å². The maximum atomic E-state index is 11.9. The summed E-state index contributed by atoms with van der Waals surface area (Å²) in [6.07, 6.45) is 2.47. The third-order valence-corrected chi connectivity index (χ3v) is 3.93. The molecule has 1 amide bonds. The van der Waals surface area contributed by atoms with Crippen molar-refractivity contribution < 1.29 is 9.53 Å². The Bertz CT molecular complexity index is 403. The van der Waals surface area contributed by atoms with E-state index in [0.717, 1.165) is 30.4 Å². The van der Waals surface area contributed by atoms with Crippen LogP contribution in [0.1, 0.15) is 18.4 Å². The highest BCUT2D eigenvalue weighted by molar-refractivity contribution is 9.10.